The smallest absolute Gasteiger partial charge is 0.345 e. The number of pyridine rings is 1. The van der Waals surface area contributed by atoms with Crippen molar-refractivity contribution in [1.82, 2.24) is 4.57 Å². The fourth-order valence-corrected chi connectivity index (χ4v) is 2.03. The monoisotopic (exact) mass is 227 g/mol. The lowest BCUT2D eigenvalue weighted by Crippen LogP contribution is -2.17. The average Bonchev–Trinajstić information content (AvgIpc) is 2.33. The van der Waals surface area contributed by atoms with Crippen molar-refractivity contribution in [2.24, 2.45) is 7.05 Å². The summed E-state index contributed by atoms with van der Waals surface area (Å²) in [6, 6.07) is 10.1. The largest absolute Gasteiger partial charge is 0.422 e. The maximum atomic E-state index is 11.8. The number of aryl methyl sites for hydroxylation is 1. The molecule has 0 amide bonds. The average molecular weight is 227 g/mol. The van der Waals surface area contributed by atoms with Crippen molar-refractivity contribution in [3.8, 4) is 0 Å². The standard InChI is InChI=1S/C13H9NO3/c1-14-11(15)7-6-9-12(14)8-4-2-3-5-10(8)17-13(9)16/h2-7H,1H3. The predicted octanol–water partition coefficient (Wildman–Crippen LogP) is 1.64. The van der Waals surface area contributed by atoms with Crippen LogP contribution in [0.15, 0.2) is 50.4 Å². The second kappa shape index (κ2) is 3.31. The fourth-order valence-electron chi connectivity index (χ4n) is 2.03. The Morgan fingerprint density at radius 2 is 1.76 bits per heavy atom. The molecule has 0 aliphatic carbocycles. The first kappa shape index (κ1) is 9.84. The molecular weight excluding hydrogens is 218 g/mol. The molecule has 0 aliphatic rings. The van der Waals surface area contributed by atoms with Crippen LogP contribution in [0.2, 0.25) is 0 Å². The summed E-state index contributed by atoms with van der Waals surface area (Å²) >= 11 is 0. The van der Waals surface area contributed by atoms with Crippen LogP contribution in [-0.2, 0) is 7.05 Å². The van der Waals surface area contributed by atoms with Gasteiger partial charge in [-0.2, -0.15) is 0 Å². The number of hydrogen-bond acceptors (Lipinski definition) is 3. The zero-order valence-electron chi connectivity index (χ0n) is 9.14. The topological polar surface area (TPSA) is 52.2 Å². The van der Waals surface area contributed by atoms with E-state index in [-0.39, 0.29) is 5.56 Å². The minimum absolute atomic E-state index is 0.145. The number of fused-ring (bicyclic) bond motifs is 3. The van der Waals surface area contributed by atoms with Crippen molar-refractivity contribution >= 4 is 21.9 Å². The summed E-state index contributed by atoms with van der Waals surface area (Å²) in [6.07, 6.45) is 0. The van der Waals surface area contributed by atoms with Crippen LogP contribution in [-0.4, -0.2) is 4.57 Å². The maximum Gasteiger partial charge on any atom is 0.345 e. The molecule has 0 unspecified atom stereocenters. The van der Waals surface area contributed by atoms with Gasteiger partial charge < -0.3 is 8.98 Å². The van der Waals surface area contributed by atoms with E-state index in [1.807, 2.05) is 12.1 Å². The second-order valence-corrected chi connectivity index (χ2v) is 3.88. The Kier molecular flexibility index (Phi) is 1.92. The summed E-state index contributed by atoms with van der Waals surface area (Å²) in [7, 11) is 1.65. The molecule has 4 nitrogen and oxygen atoms in total. The molecule has 0 atom stereocenters. The van der Waals surface area contributed by atoms with E-state index in [1.165, 1.54) is 16.7 Å². The number of benzene rings is 1. The van der Waals surface area contributed by atoms with Gasteiger partial charge in [0.1, 0.15) is 5.58 Å². The van der Waals surface area contributed by atoms with Crippen molar-refractivity contribution in [2.75, 3.05) is 0 Å². The van der Waals surface area contributed by atoms with Crippen LogP contribution in [0.25, 0.3) is 21.9 Å². The molecule has 2 aromatic heterocycles. The third kappa shape index (κ3) is 1.30. The molecule has 0 N–H and O–H groups in total. The summed E-state index contributed by atoms with van der Waals surface area (Å²) in [6.45, 7) is 0. The van der Waals surface area contributed by atoms with E-state index in [1.54, 1.807) is 19.2 Å². The Morgan fingerprint density at radius 3 is 2.59 bits per heavy atom. The first-order valence-electron chi connectivity index (χ1n) is 5.20. The lowest BCUT2D eigenvalue weighted by atomic mass is 10.1. The first-order valence-corrected chi connectivity index (χ1v) is 5.20. The highest BCUT2D eigenvalue weighted by atomic mass is 16.4. The van der Waals surface area contributed by atoms with Crippen molar-refractivity contribution < 1.29 is 4.42 Å². The van der Waals surface area contributed by atoms with Gasteiger partial charge >= 0.3 is 5.63 Å². The summed E-state index contributed by atoms with van der Waals surface area (Å²) in [4.78, 5) is 23.4. The normalized spacial score (nSPS) is 11.1. The molecule has 3 rings (SSSR count). The lowest BCUT2D eigenvalue weighted by molar-refractivity contribution is 0.568. The van der Waals surface area contributed by atoms with Crippen LogP contribution in [0.5, 0.6) is 0 Å². The van der Waals surface area contributed by atoms with Crippen LogP contribution in [0.3, 0.4) is 0 Å². The van der Waals surface area contributed by atoms with Gasteiger partial charge in [-0.15, -0.1) is 0 Å². The SMILES string of the molecule is Cn1c(=O)ccc2c(=O)oc3ccccc3c21. The number of hydrogen-bond donors (Lipinski definition) is 0. The Morgan fingerprint density at radius 1 is 1.00 bits per heavy atom. The Bertz CT molecular complexity index is 843. The number of para-hydroxylation sites is 1. The van der Waals surface area contributed by atoms with E-state index < -0.39 is 5.63 Å². The second-order valence-electron chi connectivity index (χ2n) is 3.88. The molecule has 1 aromatic carbocycles. The van der Waals surface area contributed by atoms with Gasteiger partial charge in [0, 0.05) is 18.5 Å². The van der Waals surface area contributed by atoms with E-state index in [4.69, 9.17) is 4.42 Å². The van der Waals surface area contributed by atoms with Crippen molar-refractivity contribution in [2.45, 2.75) is 0 Å². The molecule has 4 heteroatoms. The summed E-state index contributed by atoms with van der Waals surface area (Å²) in [5, 5.41) is 1.19. The van der Waals surface area contributed by atoms with Crippen LogP contribution in [0.1, 0.15) is 0 Å². The van der Waals surface area contributed by atoms with Gasteiger partial charge in [0.05, 0.1) is 10.9 Å². The zero-order valence-corrected chi connectivity index (χ0v) is 9.14. The van der Waals surface area contributed by atoms with Crippen LogP contribution in [0.4, 0.5) is 0 Å². The van der Waals surface area contributed by atoms with E-state index >= 15 is 0 Å². The summed E-state index contributed by atoms with van der Waals surface area (Å²) in [5.74, 6) is 0. The van der Waals surface area contributed by atoms with Crippen LogP contribution in [0, 0.1) is 0 Å². The number of rotatable bonds is 0. The van der Waals surface area contributed by atoms with E-state index in [0.717, 1.165) is 5.39 Å². The molecule has 17 heavy (non-hydrogen) atoms. The Hall–Kier alpha value is -2.36. The third-order valence-electron chi connectivity index (χ3n) is 2.88. The maximum absolute atomic E-state index is 11.8. The van der Waals surface area contributed by atoms with Gasteiger partial charge in [-0.1, -0.05) is 12.1 Å². The minimum Gasteiger partial charge on any atom is -0.422 e. The molecule has 3 aromatic rings. The quantitative estimate of drug-likeness (QED) is 0.433. The highest BCUT2D eigenvalue weighted by molar-refractivity contribution is 6.01. The minimum atomic E-state index is -0.422. The van der Waals surface area contributed by atoms with Gasteiger partial charge in [-0.05, 0) is 18.2 Å². The molecule has 0 radical (unpaired) electrons. The fraction of sp³-hybridized carbons (Fsp3) is 0.0769. The lowest BCUT2D eigenvalue weighted by Gasteiger charge is -2.06. The summed E-state index contributed by atoms with van der Waals surface area (Å²) in [5.41, 5.74) is 0.540. The molecule has 0 fully saturated rings. The number of aromatic nitrogens is 1. The van der Waals surface area contributed by atoms with E-state index in [2.05, 4.69) is 0 Å². The molecule has 84 valence electrons. The van der Waals surface area contributed by atoms with Crippen molar-refractivity contribution in [3.63, 3.8) is 0 Å². The molecule has 2 heterocycles. The van der Waals surface area contributed by atoms with E-state index in [0.29, 0.717) is 16.5 Å². The van der Waals surface area contributed by atoms with Gasteiger partial charge in [0.2, 0.25) is 0 Å². The van der Waals surface area contributed by atoms with Gasteiger partial charge in [0.15, 0.2) is 0 Å². The first-order chi connectivity index (χ1) is 8.18. The molecular formula is C13H9NO3. The highest BCUT2D eigenvalue weighted by Gasteiger charge is 2.09. The van der Waals surface area contributed by atoms with Gasteiger partial charge in [-0.3, -0.25) is 4.79 Å². The molecule has 0 saturated carbocycles. The third-order valence-corrected chi connectivity index (χ3v) is 2.88. The Labute approximate surface area is 95.7 Å². The molecule has 0 saturated heterocycles. The van der Waals surface area contributed by atoms with Gasteiger partial charge in [-0.25, -0.2) is 4.79 Å². The molecule has 0 bridgehead atoms. The predicted molar refractivity (Wildman–Crippen MR) is 65.2 cm³/mol. The molecule has 0 spiro atoms. The van der Waals surface area contributed by atoms with Crippen molar-refractivity contribution in [1.29, 1.82) is 0 Å². The van der Waals surface area contributed by atoms with Gasteiger partial charge in [0.25, 0.3) is 5.56 Å². The van der Waals surface area contributed by atoms with E-state index in [9.17, 15) is 9.59 Å². The van der Waals surface area contributed by atoms with Crippen molar-refractivity contribution in [3.05, 3.63) is 57.2 Å². The van der Waals surface area contributed by atoms with Crippen LogP contribution >= 0.6 is 0 Å². The zero-order chi connectivity index (χ0) is 12.0. The highest BCUT2D eigenvalue weighted by Crippen LogP contribution is 2.20. The van der Waals surface area contributed by atoms with Crippen LogP contribution < -0.4 is 11.2 Å². The Balaban J connectivity index is 2.77. The number of nitrogens with zero attached hydrogens (tertiary/aromatic N) is 1. The molecule has 0 aliphatic heterocycles. The summed E-state index contributed by atoms with van der Waals surface area (Å²) < 4.78 is 6.67.